The molecule has 0 fully saturated rings. The molecule has 7 aromatic carbocycles. The summed E-state index contributed by atoms with van der Waals surface area (Å²) in [7, 11) is 2.11. The van der Waals surface area contributed by atoms with Gasteiger partial charge in [-0.25, -0.2) is 9.98 Å². The zero-order valence-electron chi connectivity index (χ0n) is 30.3. The molecule has 5 nitrogen and oxygen atoms in total. The number of nitrogens with zero attached hydrogens (tertiary/aromatic N) is 4. The first kappa shape index (κ1) is 30.9. The van der Waals surface area contributed by atoms with Crippen molar-refractivity contribution in [2.75, 3.05) is 7.05 Å². The molecule has 11 rings (SSSR count). The summed E-state index contributed by atoms with van der Waals surface area (Å²) in [4.78, 5) is 13.2. The Bertz CT molecular complexity index is 3050. The lowest BCUT2D eigenvalue weighted by Crippen LogP contribution is -2.38. The number of hydrogen-bond donors (Lipinski definition) is 0. The van der Waals surface area contributed by atoms with Gasteiger partial charge in [0.15, 0.2) is 5.84 Å². The van der Waals surface area contributed by atoms with Crippen molar-refractivity contribution in [2.24, 2.45) is 9.98 Å². The molecule has 0 radical (unpaired) electrons. The lowest BCUT2D eigenvalue weighted by atomic mass is 9.82. The lowest BCUT2D eigenvalue weighted by molar-refractivity contribution is 0.297. The molecule has 2 aliphatic rings. The van der Waals surface area contributed by atoms with Crippen molar-refractivity contribution in [2.45, 2.75) is 25.6 Å². The number of para-hydroxylation sites is 3. The molecule has 0 saturated heterocycles. The molecule has 2 aromatic heterocycles. The summed E-state index contributed by atoms with van der Waals surface area (Å²) in [5.41, 5.74) is 13.3. The number of furan rings is 1. The predicted octanol–water partition coefficient (Wildman–Crippen LogP) is 12.0. The van der Waals surface area contributed by atoms with E-state index >= 15 is 0 Å². The third kappa shape index (κ3) is 4.39. The van der Waals surface area contributed by atoms with Crippen LogP contribution in [0.25, 0.3) is 66.0 Å². The van der Waals surface area contributed by atoms with Crippen molar-refractivity contribution < 1.29 is 4.42 Å². The topological polar surface area (TPSA) is 46.0 Å². The highest BCUT2D eigenvalue weighted by Crippen LogP contribution is 2.51. The summed E-state index contributed by atoms with van der Waals surface area (Å²) >= 11 is 0. The maximum Gasteiger partial charge on any atom is 0.206 e. The molecule has 5 heteroatoms. The van der Waals surface area contributed by atoms with Crippen LogP contribution in [0.5, 0.6) is 0 Å². The number of hydrogen-bond acceptors (Lipinski definition) is 4. The van der Waals surface area contributed by atoms with Crippen LogP contribution in [0.1, 0.15) is 42.4 Å². The first-order chi connectivity index (χ1) is 26.5. The van der Waals surface area contributed by atoms with Crippen molar-refractivity contribution in [1.29, 1.82) is 0 Å². The molecule has 54 heavy (non-hydrogen) atoms. The van der Waals surface area contributed by atoms with Gasteiger partial charge in [0.1, 0.15) is 17.0 Å². The lowest BCUT2D eigenvalue weighted by Gasteiger charge is -2.34. The largest absolute Gasteiger partial charge is 0.455 e. The Morgan fingerprint density at radius 3 is 2.11 bits per heavy atom. The van der Waals surface area contributed by atoms with Gasteiger partial charge < -0.3 is 13.9 Å². The average Bonchev–Trinajstić information content (AvgIpc) is 3.83. The van der Waals surface area contributed by atoms with Gasteiger partial charge in [-0.3, -0.25) is 0 Å². The minimum atomic E-state index is -0.445. The quantitative estimate of drug-likeness (QED) is 0.184. The first-order valence-electron chi connectivity index (χ1n) is 18.6. The number of aromatic nitrogens is 1. The van der Waals surface area contributed by atoms with E-state index in [0.29, 0.717) is 5.84 Å². The van der Waals surface area contributed by atoms with E-state index in [4.69, 9.17) is 14.4 Å². The maximum absolute atomic E-state index is 6.62. The van der Waals surface area contributed by atoms with Crippen LogP contribution in [-0.4, -0.2) is 28.2 Å². The van der Waals surface area contributed by atoms with Crippen LogP contribution in [0.3, 0.4) is 0 Å². The first-order valence-corrected chi connectivity index (χ1v) is 18.6. The van der Waals surface area contributed by atoms with E-state index in [9.17, 15) is 0 Å². The summed E-state index contributed by atoms with van der Waals surface area (Å²) < 4.78 is 9.03. The van der Waals surface area contributed by atoms with Gasteiger partial charge in [-0.05, 0) is 69.8 Å². The van der Waals surface area contributed by atoms with Crippen LogP contribution >= 0.6 is 0 Å². The van der Waals surface area contributed by atoms with Crippen molar-refractivity contribution >= 4 is 55.4 Å². The summed E-state index contributed by atoms with van der Waals surface area (Å²) in [6, 6.07) is 56.1. The fraction of sp³-hybridized carbons (Fsp3) is 0.102. The van der Waals surface area contributed by atoms with E-state index in [1.165, 1.54) is 33.0 Å². The molecule has 3 heterocycles. The highest BCUT2D eigenvalue weighted by molar-refractivity contribution is 6.19. The molecular formula is C49H36N4O. The van der Waals surface area contributed by atoms with Crippen LogP contribution < -0.4 is 0 Å². The van der Waals surface area contributed by atoms with Crippen LogP contribution in [0.4, 0.5) is 0 Å². The molecule has 1 unspecified atom stereocenters. The van der Waals surface area contributed by atoms with Gasteiger partial charge in [-0.1, -0.05) is 135 Å². The Hall–Kier alpha value is -6.72. The monoisotopic (exact) mass is 696 g/mol. The van der Waals surface area contributed by atoms with Gasteiger partial charge in [0.2, 0.25) is 6.29 Å². The fourth-order valence-corrected chi connectivity index (χ4v) is 8.97. The smallest absolute Gasteiger partial charge is 0.206 e. The summed E-state index contributed by atoms with van der Waals surface area (Å²) in [5.74, 6) is 1.48. The number of fused-ring (bicyclic) bond motifs is 9. The predicted molar refractivity (Wildman–Crippen MR) is 222 cm³/mol. The molecule has 9 aromatic rings. The number of benzene rings is 7. The van der Waals surface area contributed by atoms with Crippen LogP contribution in [0.15, 0.2) is 172 Å². The molecule has 0 saturated carbocycles. The van der Waals surface area contributed by atoms with E-state index in [-0.39, 0.29) is 5.41 Å². The Balaban J connectivity index is 1.17. The third-order valence-electron chi connectivity index (χ3n) is 11.6. The Labute approximate surface area is 313 Å². The van der Waals surface area contributed by atoms with Crippen LogP contribution in [0, 0.1) is 0 Å². The van der Waals surface area contributed by atoms with Gasteiger partial charge in [0.05, 0.1) is 16.6 Å². The molecular weight excluding hydrogens is 661 g/mol. The molecule has 1 atom stereocenters. The van der Waals surface area contributed by atoms with Gasteiger partial charge in [-0.15, -0.1) is 0 Å². The summed E-state index contributed by atoms with van der Waals surface area (Å²) in [6.45, 7) is 4.69. The van der Waals surface area contributed by atoms with E-state index in [1.807, 2.05) is 12.1 Å². The molecule has 1 aliphatic carbocycles. The van der Waals surface area contributed by atoms with Gasteiger partial charge in [0.25, 0.3) is 0 Å². The highest BCUT2D eigenvalue weighted by atomic mass is 16.3. The van der Waals surface area contributed by atoms with Crippen molar-refractivity contribution in [1.82, 2.24) is 9.47 Å². The van der Waals surface area contributed by atoms with E-state index in [2.05, 4.69) is 176 Å². The SMILES string of the molecule is CN1C(c2cccc3c2oc2ccccc23)=NC(c2cccc(-c3ccccc3)c2)=NC1n1c2ccccc2c2cc3c(cc21)C(C)(C)c1ccccc1-3. The van der Waals surface area contributed by atoms with Crippen molar-refractivity contribution in [3.63, 3.8) is 0 Å². The van der Waals surface area contributed by atoms with Crippen molar-refractivity contribution in [3.05, 3.63) is 180 Å². The summed E-state index contributed by atoms with van der Waals surface area (Å²) in [6.07, 6.45) is -0.445. The zero-order valence-corrected chi connectivity index (χ0v) is 30.3. The van der Waals surface area contributed by atoms with E-state index in [0.717, 1.165) is 61.1 Å². The normalized spacial score (nSPS) is 16.2. The van der Waals surface area contributed by atoms with E-state index < -0.39 is 6.29 Å². The highest BCUT2D eigenvalue weighted by Gasteiger charge is 2.37. The standard InChI is InChI=1S/C49H36N4O/c1-49(2)40-24-10-7-19-33(40)38-28-39-34-20-8-11-25-42(34)53(43(39)29-41(38)49)48-51-46(32-18-13-17-31(27-32)30-15-5-4-6-16-30)50-47(52(48)3)37-23-14-22-36-35-21-9-12-26-44(35)54-45(36)37/h4-29,48H,1-3H3. The van der Waals surface area contributed by atoms with Crippen LogP contribution in [0.2, 0.25) is 0 Å². The Morgan fingerprint density at radius 2 is 1.22 bits per heavy atom. The molecule has 0 bridgehead atoms. The molecule has 1 aliphatic heterocycles. The second-order valence-electron chi connectivity index (χ2n) is 15.0. The fourth-order valence-electron chi connectivity index (χ4n) is 8.97. The van der Waals surface area contributed by atoms with Crippen LogP contribution in [-0.2, 0) is 5.41 Å². The number of rotatable bonds is 4. The van der Waals surface area contributed by atoms with Gasteiger partial charge >= 0.3 is 0 Å². The minimum absolute atomic E-state index is 0.143. The van der Waals surface area contributed by atoms with Crippen molar-refractivity contribution in [3.8, 4) is 22.3 Å². The third-order valence-corrected chi connectivity index (χ3v) is 11.6. The second kappa shape index (κ2) is 11.4. The molecule has 0 N–H and O–H groups in total. The Kier molecular flexibility index (Phi) is 6.51. The van der Waals surface area contributed by atoms with E-state index in [1.54, 1.807) is 0 Å². The number of amidine groups is 2. The second-order valence-corrected chi connectivity index (χ2v) is 15.0. The Morgan fingerprint density at radius 1 is 0.537 bits per heavy atom. The molecule has 258 valence electrons. The minimum Gasteiger partial charge on any atom is -0.455 e. The maximum atomic E-state index is 6.62. The molecule has 0 amide bonds. The summed E-state index contributed by atoms with van der Waals surface area (Å²) in [5, 5.41) is 4.59. The molecule has 0 spiro atoms. The van der Waals surface area contributed by atoms with Gasteiger partial charge in [0, 0.05) is 39.6 Å². The number of aliphatic imine (C=N–C) groups is 2. The van der Waals surface area contributed by atoms with Gasteiger partial charge in [-0.2, -0.15) is 0 Å². The average molecular weight is 697 g/mol. The zero-order chi connectivity index (χ0) is 36.1.